The SMILES string of the molecule is CC(C)(C)c1ccccc1OCC(=O)N1CCN(S(=O)(=O)N2CCCCCC2)CC1. The average molecular weight is 438 g/mol. The van der Waals surface area contributed by atoms with Crippen molar-refractivity contribution >= 4 is 16.1 Å². The van der Waals surface area contributed by atoms with E-state index in [1.54, 1.807) is 9.21 Å². The highest BCUT2D eigenvalue weighted by Crippen LogP contribution is 2.31. The van der Waals surface area contributed by atoms with E-state index in [2.05, 4.69) is 20.8 Å². The molecule has 0 saturated carbocycles. The van der Waals surface area contributed by atoms with Gasteiger partial charge in [0.1, 0.15) is 5.75 Å². The Labute approximate surface area is 181 Å². The summed E-state index contributed by atoms with van der Waals surface area (Å²) >= 11 is 0. The van der Waals surface area contributed by atoms with Gasteiger partial charge in [-0.25, -0.2) is 0 Å². The van der Waals surface area contributed by atoms with Crippen LogP contribution in [0, 0.1) is 0 Å². The first kappa shape index (κ1) is 23.0. The van der Waals surface area contributed by atoms with Crippen LogP contribution in [-0.2, 0) is 20.4 Å². The second-order valence-electron chi connectivity index (χ2n) is 9.14. The highest BCUT2D eigenvalue weighted by molar-refractivity contribution is 7.86. The minimum atomic E-state index is -3.44. The van der Waals surface area contributed by atoms with Gasteiger partial charge in [0.2, 0.25) is 0 Å². The van der Waals surface area contributed by atoms with Crippen molar-refractivity contribution in [1.82, 2.24) is 13.5 Å². The molecule has 0 radical (unpaired) electrons. The van der Waals surface area contributed by atoms with Crippen LogP contribution in [0.3, 0.4) is 0 Å². The molecule has 30 heavy (non-hydrogen) atoms. The fourth-order valence-corrected chi connectivity index (χ4v) is 5.72. The van der Waals surface area contributed by atoms with Gasteiger partial charge in [-0.3, -0.25) is 4.79 Å². The molecule has 1 aromatic carbocycles. The molecule has 2 aliphatic heterocycles. The second kappa shape index (κ2) is 9.66. The molecule has 0 bridgehead atoms. The van der Waals surface area contributed by atoms with E-state index >= 15 is 0 Å². The third kappa shape index (κ3) is 5.53. The lowest BCUT2D eigenvalue weighted by Crippen LogP contribution is -2.55. The van der Waals surface area contributed by atoms with Gasteiger partial charge in [-0.15, -0.1) is 0 Å². The van der Waals surface area contributed by atoms with Gasteiger partial charge in [-0.1, -0.05) is 51.8 Å². The number of hydrogen-bond acceptors (Lipinski definition) is 4. The first-order chi connectivity index (χ1) is 14.2. The van der Waals surface area contributed by atoms with Gasteiger partial charge in [0.15, 0.2) is 6.61 Å². The van der Waals surface area contributed by atoms with E-state index in [4.69, 9.17) is 4.74 Å². The Hall–Kier alpha value is -1.64. The molecule has 1 amide bonds. The van der Waals surface area contributed by atoms with E-state index in [1.807, 2.05) is 24.3 Å². The quantitative estimate of drug-likeness (QED) is 0.710. The molecule has 2 heterocycles. The maximum Gasteiger partial charge on any atom is 0.282 e. The lowest BCUT2D eigenvalue weighted by molar-refractivity contribution is -0.134. The van der Waals surface area contributed by atoms with Crippen molar-refractivity contribution in [2.75, 3.05) is 45.9 Å². The number of rotatable bonds is 5. The van der Waals surface area contributed by atoms with Crippen LogP contribution in [0.1, 0.15) is 52.0 Å². The summed E-state index contributed by atoms with van der Waals surface area (Å²) in [6, 6.07) is 7.78. The summed E-state index contributed by atoms with van der Waals surface area (Å²) in [5.74, 6) is 0.617. The third-order valence-electron chi connectivity index (χ3n) is 5.86. The monoisotopic (exact) mass is 437 g/mol. The molecular formula is C22H35N3O4S. The summed E-state index contributed by atoms with van der Waals surface area (Å²) in [6.45, 7) is 8.97. The molecule has 0 N–H and O–H groups in total. The highest BCUT2D eigenvalue weighted by atomic mass is 32.2. The Morgan fingerprint density at radius 1 is 0.900 bits per heavy atom. The zero-order chi connectivity index (χ0) is 21.8. The number of carbonyl (C=O) groups excluding carboxylic acids is 1. The summed E-state index contributed by atoms with van der Waals surface area (Å²) < 4.78 is 34.9. The van der Waals surface area contributed by atoms with Gasteiger partial charge >= 0.3 is 0 Å². The van der Waals surface area contributed by atoms with Crippen LogP contribution in [0.4, 0.5) is 0 Å². The largest absolute Gasteiger partial charge is 0.483 e. The fraction of sp³-hybridized carbons (Fsp3) is 0.682. The molecule has 2 fully saturated rings. The third-order valence-corrected chi connectivity index (χ3v) is 7.89. The lowest BCUT2D eigenvalue weighted by atomic mass is 9.86. The first-order valence-corrected chi connectivity index (χ1v) is 12.3. The predicted molar refractivity (Wildman–Crippen MR) is 118 cm³/mol. The van der Waals surface area contributed by atoms with Gasteiger partial charge in [-0.05, 0) is 29.9 Å². The Kier molecular flexibility index (Phi) is 7.42. The Morgan fingerprint density at radius 2 is 1.47 bits per heavy atom. The Balaban J connectivity index is 1.53. The maximum absolute atomic E-state index is 12.9. The average Bonchev–Trinajstić information content (AvgIpc) is 3.02. The molecule has 1 aromatic rings. The number of ether oxygens (including phenoxy) is 1. The highest BCUT2D eigenvalue weighted by Gasteiger charge is 2.33. The van der Waals surface area contributed by atoms with Crippen LogP contribution in [0.2, 0.25) is 0 Å². The maximum atomic E-state index is 12.9. The molecule has 7 nitrogen and oxygen atoms in total. The summed E-state index contributed by atoms with van der Waals surface area (Å²) in [6.07, 6.45) is 4.02. The zero-order valence-electron chi connectivity index (χ0n) is 18.5. The number of benzene rings is 1. The zero-order valence-corrected chi connectivity index (χ0v) is 19.3. The van der Waals surface area contributed by atoms with E-state index in [0.29, 0.717) is 39.3 Å². The lowest BCUT2D eigenvalue weighted by Gasteiger charge is -2.36. The number of amides is 1. The van der Waals surface area contributed by atoms with E-state index < -0.39 is 10.2 Å². The number of piperazine rings is 1. The van der Waals surface area contributed by atoms with E-state index in [1.165, 1.54) is 4.31 Å². The number of para-hydroxylation sites is 1. The number of hydrogen-bond donors (Lipinski definition) is 0. The smallest absolute Gasteiger partial charge is 0.282 e. The van der Waals surface area contributed by atoms with E-state index in [9.17, 15) is 13.2 Å². The molecule has 0 aromatic heterocycles. The number of nitrogens with zero attached hydrogens (tertiary/aromatic N) is 3. The minimum Gasteiger partial charge on any atom is -0.483 e. The molecule has 0 aliphatic carbocycles. The normalized spacial score (nSPS) is 20.0. The second-order valence-corrected chi connectivity index (χ2v) is 11.1. The van der Waals surface area contributed by atoms with Crippen LogP contribution in [0.15, 0.2) is 24.3 Å². The molecule has 0 unspecified atom stereocenters. The van der Waals surface area contributed by atoms with Gasteiger partial charge < -0.3 is 9.64 Å². The van der Waals surface area contributed by atoms with Crippen molar-refractivity contribution in [2.45, 2.75) is 51.9 Å². The molecule has 2 saturated heterocycles. The summed E-state index contributed by atoms with van der Waals surface area (Å²) in [5, 5.41) is 0. The minimum absolute atomic E-state index is 0.0357. The summed E-state index contributed by atoms with van der Waals surface area (Å²) in [5.41, 5.74) is 0.985. The predicted octanol–water partition coefficient (Wildman–Crippen LogP) is 2.63. The topological polar surface area (TPSA) is 70.2 Å². The summed E-state index contributed by atoms with van der Waals surface area (Å²) in [4.78, 5) is 14.4. The van der Waals surface area contributed by atoms with Crippen LogP contribution >= 0.6 is 0 Å². The van der Waals surface area contributed by atoms with Crippen molar-refractivity contribution in [3.63, 3.8) is 0 Å². The molecule has 0 spiro atoms. The molecule has 168 valence electrons. The van der Waals surface area contributed by atoms with Gasteiger partial charge in [-0.2, -0.15) is 17.0 Å². The molecule has 3 rings (SSSR count). The molecule has 8 heteroatoms. The van der Waals surface area contributed by atoms with Gasteiger partial charge in [0.05, 0.1) is 0 Å². The number of carbonyl (C=O) groups is 1. The van der Waals surface area contributed by atoms with Gasteiger partial charge in [0.25, 0.3) is 16.1 Å². The standard InChI is InChI=1S/C22H35N3O4S/c1-22(2,3)19-10-6-7-11-20(19)29-18-21(26)23-14-16-25(17-15-23)30(27,28)24-12-8-4-5-9-13-24/h6-7,10-11H,4-5,8-9,12-18H2,1-3H3. The van der Waals surface area contributed by atoms with Crippen molar-refractivity contribution < 1.29 is 17.9 Å². The van der Waals surface area contributed by atoms with Gasteiger partial charge in [0, 0.05) is 39.3 Å². The van der Waals surface area contributed by atoms with E-state index in [-0.39, 0.29) is 17.9 Å². The van der Waals surface area contributed by atoms with Crippen LogP contribution in [-0.4, -0.2) is 73.7 Å². The van der Waals surface area contributed by atoms with Crippen molar-refractivity contribution in [3.8, 4) is 5.75 Å². The van der Waals surface area contributed by atoms with Crippen LogP contribution in [0.25, 0.3) is 0 Å². The summed E-state index contributed by atoms with van der Waals surface area (Å²) in [7, 11) is -3.44. The van der Waals surface area contributed by atoms with Crippen molar-refractivity contribution in [1.29, 1.82) is 0 Å². The van der Waals surface area contributed by atoms with Crippen molar-refractivity contribution in [3.05, 3.63) is 29.8 Å². The van der Waals surface area contributed by atoms with Crippen molar-refractivity contribution in [2.24, 2.45) is 0 Å². The molecular weight excluding hydrogens is 402 g/mol. The van der Waals surface area contributed by atoms with E-state index in [0.717, 1.165) is 37.0 Å². The fourth-order valence-electron chi connectivity index (χ4n) is 4.05. The first-order valence-electron chi connectivity index (χ1n) is 10.9. The Morgan fingerprint density at radius 3 is 2.07 bits per heavy atom. The Bertz CT molecular complexity index is 819. The molecule has 0 atom stereocenters. The van der Waals surface area contributed by atoms with Crippen LogP contribution in [0.5, 0.6) is 5.75 Å². The molecule has 2 aliphatic rings. The van der Waals surface area contributed by atoms with Crippen LogP contribution < -0.4 is 4.74 Å².